The molecule has 2 aromatic rings. The average Bonchev–Trinajstić information content (AvgIpc) is 3.67. The van der Waals surface area contributed by atoms with Gasteiger partial charge in [0.2, 0.25) is 5.91 Å². The van der Waals surface area contributed by atoms with E-state index in [-0.39, 0.29) is 30.4 Å². The largest absolute Gasteiger partial charge is 0.480 e. The molecule has 3 aliphatic carbocycles. The average molecular weight is 477 g/mol. The molecule has 0 spiro atoms. The van der Waals surface area contributed by atoms with Gasteiger partial charge in [-0.05, 0) is 60.8 Å². The van der Waals surface area contributed by atoms with E-state index in [0.717, 1.165) is 36.8 Å². The number of fused-ring (bicyclic) bond motifs is 3. The number of alkyl carbamates (subject to hydrolysis) is 1. The van der Waals surface area contributed by atoms with Gasteiger partial charge in [0.15, 0.2) is 0 Å². The van der Waals surface area contributed by atoms with Gasteiger partial charge in [-0.3, -0.25) is 4.79 Å². The van der Waals surface area contributed by atoms with E-state index in [9.17, 15) is 19.5 Å². The maximum atomic E-state index is 13.1. The topological polar surface area (TPSA) is 105 Å². The van der Waals surface area contributed by atoms with E-state index in [2.05, 4.69) is 34.9 Å². The fraction of sp³-hybridized carbons (Fsp3) is 0.464. The van der Waals surface area contributed by atoms with Gasteiger partial charge in [-0.15, -0.1) is 0 Å². The lowest BCUT2D eigenvalue weighted by molar-refractivity contribution is -0.149. The number of hydrogen-bond acceptors (Lipinski definition) is 4. The van der Waals surface area contributed by atoms with Crippen molar-refractivity contribution in [1.82, 2.24) is 10.6 Å². The normalized spacial score (nSPS) is 22.9. The molecule has 3 N–H and O–H groups in total. The zero-order valence-electron chi connectivity index (χ0n) is 20.0. The molecule has 0 aliphatic heterocycles. The molecule has 0 heterocycles. The number of carboxylic acid groups (broad SMARTS) is 1. The van der Waals surface area contributed by atoms with E-state index in [1.165, 1.54) is 11.1 Å². The monoisotopic (exact) mass is 476 g/mol. The minimum atomic E-state index is -1.26. The van der Waals surface area contributed by atoms with Gasteiger partial charge in [-0.2, -0.15) is 0 Å². The SMILES string of the molecule is CC(NC(=O)[C@@H]1CCCC[C@@H]1NC(=O)OCC1c2ccccc2-c2ccccc21)(C(=O)O)C1CC1. The van der Waals surface area contributed by atoms with E-state index in [4.69, 9.17) is 4.74 Å². The van der Waals surface area contributed by atoms with E-state index in [1.807, 2.05) is 24.3 Å². The highest BCUT2D eigenvalue weighted by atomic mass is 16.5. The summed E-state index contributed by atoms with van der Waals surface area (Å²) in [7, 11) is 0. The van der Waals surface area contributed by atoms with Crippen LogP contribution in [-0.4, -0.2) is 41.3 Å². The predicted molar refractivity (Wildman–Crippen MR) is 131 cm³/mol. The summed E-state index contributed by atoms with van der Waals surface area (Å²) in [4.78, 5) is 37.8. The highest BCUT2D eigenvalue weighted by molar-refractivity contribution is 5.89. The Morgan fingerprint density at radius 2 is 1.54 bits per heavy atom. The molecule has 0 aromatic heterocycles. The molecule has 3 aliphatic rings. The molecule has 184 valence electrons. The van der Waals surface area contributed by atoms with Gasteiger partial charge < -0.3 is 20.5 Å². The van der Waals surface area contributed by atoms with Crippen molar-refractivity contribution >= 4 is 18.0 Å². The molecule has 1 unspecified atom stereocenters. The first kappa shape index (κ1) is 23.4. The van der Waals surface area contributed by atoms with Crippen LogP contribution >= 0.6 is 0 Å². The first-order valence-electron chi connectivity index (χ1n) is 12.6. The van der Waals surface area contributed by atoms with Crippen molar-refractivity contribution in [1.29, 1.82) is 0 Å². The molecule has 7 nitrogen and oxygen atoms in total. The van der Waals surface area contributed by atoms with Crippen LogP contribution in [0.15, 0.2) is 48.5 Å². The lowest BCUT2D eigenvalue weighted by Gasteiger charge is -2.34. The number of amides is 2. The molecule has 0 bridgehead atoms. The number of carbonyl (C=O) groups excluding carboxylic acids is 2. The van der Waals surface area contributed by atoms with E-state index >= 15 is 0 Å². The summed E-state index contributed by atoms with van der Waals surface area (Å²) in [5, 5.41) is 15.4. The fourth-order valence-electron chi connectivity index (χ4n) is 5.75. The summed E-state index contributed by atoms with van der Waals surface area (Å²) >= 11 is 0. The Morgan fingerprint density at radius 1 is 0.943 bits per heavy atom. The lowest BCUT2D eigenvalue weighted by Crippen LogP contribution is -2.58. The third kappa shape index (κ3) is 4.51. The van der Waals surface area contributed by atoms with Crippen molar-refractivity contribution < 1.29 is 24.2 Å². The molecule has 2 fully saturated rings. The van der Waals surface area contributed by atoms with Crippen LogP contribution in [0.3, 0.4) is 0 Å². The van der Waals surface area contributed by atoms with Gasteiger partial charge in [-0.1, -0.05) is 61.4 Å². The van der Waals surface area contributed by atoms with Crippen molar-refractivity contribution in [3.05, 3.63) is 59.7 Å². The Hall–Kier alpha value is -3.35. The van der Waals surface area contributed by atoms with Crippen molar-refractivity contribution in [3.8, 4) is 11.1 Å². The van der Waals surface area contributed by atoms with E-state index in [0.29, 0.717) is 12.8 Å². The van der Waals surface area contributed by atoms with Crippen LogP contribution in [0.5, 0.6) is 0 Å². The summed E-state index contributed by atoms with van der Waals surface area (Å²) < 4.78 is 5.68. The number of benzene rings is 2. The number of hydrogen-bond donors (Lipinski definition) is 3. The highest BCUT2D eigenvalue weighted by Gasteiger charge is 2.49. The molecule has 7 heteroatoms. The van der Waals surface area contributed by atoms with Crippen LogP contribution in [0.25, 0.3) is 11.1 Å². The van der Waals surface area contributed by atoms with Gasteiger partial charge in [0.25, 0.3) is 0 Å². The van der Waals surface area contributed by atoms with Crippen LogP contribution in [-0.2, 0) is 14.3 Å². The highest BCUT2D eigenvalue weighted by Crippen LogP contribution is 2.44. The van der Waals surface area contributed by atoms with Crippen LogP contribution in [0.1, 0.15) is 62.5 Å². The minimum Gasteiger partial charge on any atom is -0.480 e. The molecule has 0 saturated heterocycles. The quantitative estimate of drug-likeness (QED) is 0.548. The van der Waals surface area contributed by atoms with Gasteiger partial charge >= 0.3 is 12.1 Å². The third-order valence-corrected chi connectivity index (χ3v) is 7.97. The molecule has 2 saturated carbocycles. The van der Waals surface area contributed by atoms with Crippen LogP contribution in [0.4, 0.5) is 4.79 Å². The van der Waals surface area contributed by atoms with Gasteiger partial charge in [-0.25, -0.2) is 9.59 Å². The maximum Gasteiger partial charge on any atom is 0.407 e. The fourth-order valence-corrected chi connectivity index (χ4v) is 5.75. The Labute approximate surface area is 205 Å². The van der Waals surface area contributed by atoms with Crippen molar-refractivity contribution in [3.63, 3.8) is 0 Å². The first-order valence-corrected chi connectivity index (χ1v) is 12.6. The Morgan fingerprint density at radius 3 is 2.14 bits per heavy atom. The number of carboxylic acids is 1. The second-order valence-electron chi connectivity index (χ2n) is 10.2. The minimum absolute atomic E-state index is 0.0339. The summed E-state index contributed by atoms with van der Waals surface area (Å²) in [5.41, 5.74) is 3.36. The molecule has 2 amide bonds. The smallest absolute Gasteiger partial charge is 0.407 e. The van der Waals surface area contributed by atoms with Gasteiger partial charge in [0.05, 0.1) is 5.92 Å². The third-order valence-electron chi connectivity index (χ3n) is 7.97. The molecular weight excluding hydrogens is 444 g/mol. The first-order chi connectivity index (χ1) is 16.9. The number of carbonyl (C=O) groups is 3. The van der Waals surface area contributed by atoms with Crippen molar-refractivity contribution in [2.75, 3.05) is 6.61 Å². The van der Waals surface area contributed by atoms with Crippen molar-refractivity contribution in [2.45, 2.75) is 62.9 Å². The lowest BCUT2D eigenvalue weighted by atomic mass is 9.83. The second-order valence-corrected chi connectivity index (χ2v) is 10.2. The summed E-state index contributed by atoms with van der Waals surface area (Å²) in [6.45, 7) is 1.80. The summed E-state index contributed by atoms with van der Waals surface area (Å²) in [5.74, 6) is -1.85. The number of rotatable bonds is 7. The Balaban J connectivity index is 1.23. The zero-order valence-corrected chi connectivity index (χ0v) is 20.0. The second kappa shape index (κ2) is 9.36. The van der Waals surface area contributed by atoms with E-state index < -0.39 is 23.5 Å². The molecule has 2 aromatic carbocycles. The van der Waals surface area contributed by atoms with Crippen LogP contribution < -0.4 is 10.6 Å². The van der Waals surface area contributed by atoms with Gasteiger partial charge in [0, 0.05) is 12.0 Å². The predicted octanol–water partition coefficient (Wildman–Crippen LogP) is 4.45. The number of nitrogens with one attached hydrogen (secondary N) is 2. The Bertz CT molecular complexity index is 1100. The summed E-state index contributed by atoms with van der Waals surface area (Å²) in [6, 6.07) is 16.0. The molecular formula is C28H32N2O5. The van der Waals surface area contributed by atoms with Crippen LogP contribution in [0, 0.1) is 11.8 Å². The van der Waals surface area contributed by atoms with Gasteiger partial charge in [0.1, 0.15) is 12.1 Å². The molecule has 35 heavy (non-hydrogen) atoms. The standard InChI is InChI=1S/C28H32N2O5/c1-28(26(32)33,17-14-15-17)30-25(31)22-12-6-7-13-24(22)29-27(34)35-16-23-20-10-4-2-8-18(20)19-9-3-5-11-21(19)23/h2-5,8-11,17,22-24H,6-7,12-16H2,1H3,(H,29,34)(H,30,31)(H,32,33)/t22-,24+,28?/m1/s1. The zero-order chi connectivity index (χ0) is 24.6. The number of aliphatic carboxylic acids is 1. The van der Waals surface area contributed by atoms with E-state index in [1.54, 1.807) is 6.92 Å². The Kier molecular flexibility index (Phi) is 6.26. The number of ether oxygens (including phenoxy) is 1. The molecule has 3 atom stereocenters. The van der Waals surface area contributed by atoms with Crippen LogP contribution in [0.2, 0.25) is 0 Å². The summed E-state index contributed by atoms with van der Waals surface area (Å²) in [6.07, 6.45) is 4.10. The van der Waals surface area contributed by atoms with Crippen molar-refractivity contribution in [2.24, 2.45) is 11.8 Å². The maximum absolute atomic E-state index is 13.1. The molecule has 0 radical (unpaired) electrons. The molecule has 5 rings (SSSR count).